The van der Waals surface area contributed by atoms with Gasteiger partial charge in [0.15, 0.2) is 11.6 Å². The average molecular weight is 236 g/mol. The molecule has 84 valence electrons. The lowest BCUT2D eigenvalue weighted by molar-refractivity contribution is 0.296. The third kappa shape index (κ3) is 1.74. The predicted molar refractivity (Wildman–Crippen MR) is 65.6 cm³/mol. The molecule has 2 heterocycles. The predicted octanol–water partition coefficient (Wildman–Crippen LogP) is 2.30. The van der Waals surface area contributed by atoms with Crippen molar-refractivity contribution in [3.8, 4) is 0 Å². The van der Waals surface area contributed by atoms with Crippen molar-refractivity contribution in [3.63, 3.8) is 0 Å². The number of thiophene rings is 1. The number of nitrogens with one attached hydrogen (secondary N) is 1. The van der Waals surface area contributed by atoms with Crippen LogP contribution in [0.4, 0.5) is 0 Å². The van der Waals surface area contributed by atoms with Crippen molar-refractivity contribution in [2.45, 2.75) is 13.8 Å². The second-order valence-electron chi connectivity index (χ2n) is 3.37. The average Bonchev–Trinajstić information content (AvgIpc) is 2.61. The Kier molecular flexibility index (Phi) is 2.78. The van der Waals surface area contributed by atoms with Crippen LogP contribution >= 0.6 is 11.3 Å². The molecule has 0 amide bonds. The summed E-state index contributed by atoms with van der Waals surface area (Å²) in [5, 5.41) is 2.57. The molecule has 0 aromatic carbocycles. The lowest BCUT2D eigenvalue weighted by Gasteiger charge is -2.05. The normalized spacial score (nSPS) is 10.6. The Labute approximate surface area is 96.6 Å². The zero-order chi connectivity index (χ0) is 11.7. The fraction of sp³-hybridized carbons (Fsp3) is 0.273. The first-order chi connectivity index (χ1) is 7.63. The maximum absolute atomic E-state index is 11.8. The van der Waals surface area contributed by atoms with Gasteiger partial charge in [-0.15, -0.1) is 11.3 Å². The van der Waals surface area contributed by atoms with E-state index in [1.54, 1.807) is 0 Å². The van der Waals surface area contributed by atoms with E-state index >= 15 is 0 Å². The second-order valence-corrected chi connectivity index (χ2v) is 4.23. The zero-order valence-electron chi connectivity index (χ0n) is 9.16. The fourth-order valence-corrected chi connectivity index (χ4v) is 2.39. The summed E-state index contributed by atoms with van der Waals surface area (Å²) in [5.41, 5.74) is 0.807. The molecule has 0 aliphatic heterocycles. The molecule has 0 radical (unpaired) electrons. The Morgan fingerprint density at radius 1 is 1.69 bits per heavy atom. The van der Waals surface area contributed by atoms with Crippen LogP contribution in [0.25, 0.3) is 16.0 Å². The van der Waals surface area contributed by atoms with Crippen LogP contribution in [-0.2, 0) is 4.74 Å². The summed E-state index contributed by atoms with van der Waals surface area (Å²) in [6.45, 7) is 7.98. The van der Waals surface area contributed by atoms with E-state index in [0.29, 0.717) is 23.6 Å². The fourth-order valence-electron chi connectivity index (χ4n) is 1.46. The quantitative estimate of drug-likeness (QED) is 0.832. The number of rotatable bonds is 3. The number of nitrogens with zero attached hydrogens (tertiary/aromatic N) is 1. The van der Waals surface area contributed by atoms with Crippen LogP contribution < -0.4 is 5.56 Å². The zero-order valence-corrected chi connectivity index (χ0v) is 9.98. The van der Waals surface area contributed by atoms with Crippen LogP contribution in [0.1, 0.15) is 18.3 Å². The van der Waals surface area contributed by atoms with Gasteiger partial charge in [-0.2, -0.15) is 0 Å². The molecule has 0 spiro atoms. The molecule has 0 saturated heterocycles. The van der Waals surface area contributed by atoms with Crippen LogP contribution in [-0.4, -0.2) is 16.6 Å². The van der Waals surface area contributed by atoms with Gasteiger partial charge in [0.1, 0.15) is 4.83 Å². The van der Waals surface area contributed by atoms with Crippen LogP contribution in [0.15, 0.2) is 16.8 Å². The highest BCUT2D eigenvalue weighted by atomic mass is 32.1. The molecule has 0 aliphatic carbocycles. The van der Waals surface area contributed by atoms with Crippen LogP contribution in [0.3, 0.4) is 0 Å². The lowest BCUT2D eigenvalue weighted by atomic mass is 10.3. The van der Waals surface area contributed by atoms with Crippen LogP contribution in [0, 0.1) is 6.92 Å². The van der Waals surface area contributed by atoms with Crippen LogP contribution in [0.2, 0.25) is 0 Å². The Hall–Kier alpha value is -1.62. The topological polar surface area (TPSA) is 55.0 Å². The van der Waals surface area contributed by atoms with E-state index in [4.69, 9.17) is 4.74 Å². The van der Waals surface area contributed by atoms with Gasteiger partial charge in [0.2, 0.25) is 0 Å². The van der Waals surface area contributed by atoms with Gasteiger partial charge >= 0.3 is 0 Å². The van der Waals surface area contributed by atoms with E-state index < -0.39 is 0 Å². The van der Waals surface area contributed by atoms with Crippen molar-refractivity contribution < 1.29 is 4.74 Å². The number of aryl methyl sites for hydroxylation is 1. The molecule has 2 aromatic rings. The largest absolute Gasteiger partial charge is 0.491 e. The minimum Gasteiger partial charge on any atom is -0.491 e. The van der Waals surface area contributed by atoms with Gasteiger partial charge < -0.3 is 9.72 Å². The molecule has 0 unspecified atom stereocenters. The number of hydrogen-bond donors (Lipinski definition) is 1. The number of hydrogen-bond acceptors (Lipinski definition) is 4. The molecular formula is C11H12N2O2S. The standard InChI is InChI=1S/C11H12N2O2S/c1-4-15-7(3)9-12-10(14)8-6(2)5-16-11(8)13-9/h5H,3-4H2,1-2H3,(H,12,13,14). The highest BCUT2D eigenvalue weighted by molar-refractivity contribution is 7.16. The van der Waals surface area contributed by atoms with Crippen molar-refractivity contribution in [3.05, 3.63) is 33.7 Å². The van der Waals surface area contributed by atoms with E-state index in [9.17, 15) is 4.79 Å². The van der Waals surface area contributed by atoms with Crippen LogP contribution in [0.5, 0.6) is 0 Å². The molecule has 0 bridgehead atoms. The molecule has 2 aromatic heterocycles. The van der Waals surface area contributed by atoms with Gasteiger partial charge in [0, 0.05) is 0 Å². The molecule has 0 saturated carbocycles. The minimum absolute atomic E-state index is 0.139. The Bertz CT molecular complexity index is 598. The van der Waals surface area contributed by atoms with Gasteiger partial charge in [-0.05, 0) is 24.8 Å². The first-order valence-electron chi connectivity index (χ1n) is 4.93. The van der Waals surface area contributed by atoms with Gasteiger partial charge in [-0.3, -0.25) is 4.79 Å². The summed E-state index contributed by atoms with van der Waals surface area (Å²) >= 11 is 1.45. The summed E-state index contributed by atoms with van der Waals surface area (Å²) in [7, 11) is 0. The molecule has 2 rings (SSSR count). The number of aromatic nitrogens is 2. The lowest BCUT2D eigenvalue weighted by Crippen LogP contribution is -2.11. The summed E-state index contributed by atoms with van der Waals surface area (Å²) in [5.74, 6) is 0.800. The molecule has 16 heavy (non-hydrogen) atoms. The maximum atomic E-state index is 11.8. The van der Waals surface area contributed by atoms with E-state index in [2.05, 4.69) is 16.5 Å². The SMILES string of the molecule is C=C(OCC)c1nc2scc(C)c2c(=O)[nH]1. The Balaban J connectivity index is 2.59. The summed E-state index contributed by atoms with van der Waals surface area (Å²) in [6.07, 6.45) is 0. The molecule has 0 aliphatic rings. The molecule has 4 nitrogen and oxygen atoms in total. The first kappa shape index (κ1) is 10.9. The van der Waals surface area contributed by atoms with Crippen molar-refractivity contribution in [2.24, 2.45) is 0 Å². The maximum Gasteiger partial charge on any atom is 0.260 e. The minimum atomic E-state index is -0.139. The van der Waals surface area contributed by atoms with E-state index in [-0.39, 0.29) is 5.56 Å². The van der Waals surface area contributed by atoms with Crippen molar-refractivity contribution in [1.82, 2.24) is 9.97 Å². The first-order valence-corrected chi connectivity index (χ1v) is 5.81. The van der Waals surface area contributed by atoms with Crippen molar-refractivity contribution >= 4 is 27.3 Å². The second kappa shape index (κ2) is 4.09. The highest BCUT2D eigenvalue weighted by Gasteiger charge is 2.10. The van der Waals surface area contributed by atoms with Crippen molar-refractivity contribution in [1.29, 1.82) is 0 Å². The molecule has 0 atom stereocenters. The number of ether oxygens (including phenoxy) is 1. The molecule has 5 heteroatoms. The van der Waals surface area contributed by atoms with E-state index in [0.717, 1.165) is 10.4 Å². The van der Waals surface area contributed by atoms with E-state index in [1.807, 2.05) is 19.2 Å². The molecule has 0 fully saturated rings. The molecular weight excluding hydrogens is 224 g/mol. The third-order valence-electron chi connectivity index (χ3n) is 2.21. The monoisotopic (exact) mass is 236 g/mol. The van der Waals surface area contributed by atoms with Crippen molar-refractivity contribution in [2.75, 3.05) is 6.61 Å². The number of fused-ring (bicyclic) bond motifs is 1. The molecule has 1 N–H and O–H groups in total. The Morgan fingerprint density at radius 2 is 2.44 bits per heavy atom. The Morgan fingerprint density at radius 3 is 3.12 bits per heavy atom. The summed E-state index contributed by atoms with van der Waals surface area (Å²) in [6, 6.07) is 0. The van der Waals surface area contributed by atoms with Gasteiger partial charge in [0.05, 0.1) is 12.0 Å². The summed E-state index contributed by atoms with van der Waals surface area (Å²) in [4.78, 5) is 19.5. The smallest absolute Gasteiger partial charge is 0.260 e. The van der Waals surface area contributed by atoms with Gasteiger partial charge in [-0.1, -0.05) is 6.58 Å². The van der Waals surface area contributed by atoms with Gasteiger partial charge in [0.25, 0.3) is 5.56 Å². The van der Waals surface area contributed by atoms with Gasteiger partial charge in [-0.25, -0.2) is 4.98 Å². The van der Waals surface area contributed by atoms with E-state index in [1.165, 1.54) is 11.3 Å². The number of aromatic amines is 1. The number of H-pyrrole nitrogens is 1. The highest BCUT2D eigenvalue weighted by Crippen LogP contribution is 2.21. The summed E-state index contributed by atoms with van der Waals surface area (Å²) < 4.78 is 5.22. The third-order valence-corrected chi connectivity index (χ3v) is 3.20.